The first-order valence-electron chi connectivity index (χ1n) is 13.9. The predicted octanol–water partition coefficient (Wildman–Crippen LogP) is -2.85. The van der Waals surface area contributed by atoms with Gasteiger partial charge in [-0.2, -0.15) is 0 Å². The van der Waals surface area contributed by atoms with Gasteiger partial charge in [0.2, 0.25) is 5.91 Å². The van der Waals surface area contributed by atoms with E-state index in [1.807, 2.05) is 0 Å². The van der Waals surface area contributed by atoms with Gasteiger partial charge in [0.05, 0.1) is 25.7 Å². The van der Waals surface area contributed by atoms with E-state index in [0.29, 0.717) is 16.0 Å². The largest absolute Gasteiger partial charge is 0.491 e. The Morgan fingerprint density at radius 3 is 2.02 bits per heavy atom. The van der Waals surface area contributed by atoms with Crippen LogP contribution in [0, 0.1) is 0 Å². The van der Waals surface area contributed by atoms with Gasteiger partial charge in [0.15, 0.2) is 0 Å². The van der Waals surface area contributed by atoms with Crippen LogP contribution in [0.5, 0.6) is 0 Å². The highest BCUT2D eigenvalue weighted by Gasteiger charge is 2.33. The van der Waals surface area contributed by atoms with E-state index in [2.05, 4.69) is 16.0 Å². The minimum absolute atomic E-state index is 0.0465. The average Bonchev–Trinajstić information content (AvgIpc) is 3.67. The van der Waals surface area contributed by atoms with E-state index in [4.69, 9.17) is 14.1 Å². The zero-order chi connectivity index (χ0) is 31.4. The number of rotatable bonds is 11. The number of hydrogen-bond acceptors (Lipinski definition) is 11. The molecular weight excluding hydrogens is 578 g/mol. The number of imide groups is 1. The van der Waals surface area contributed by atoms with Crippen molar-refractivity contribution >= 4 is 60.7 Å². The summed E-state index contributed by atoms with van der Waals surface area (Å²) in [5.74, 6) is -3.79. The summed E-state index contributed by atoms with van der Waals surface area (Å²) in [5, 5.41) is 28.3. The number of carbonyl (C=O) groups excluding carboxylic acids is 6. The summed E-state index contributed by atoms with van der Waals surface area (Å²) in [6, 6.07) is 8.51. The quantitative estimate of drug-likeness (QED) is 0.130. The highest BCUT2D eigenvalue weighted by Crippen LogP contribution is 2.14. The fourth-order valence-electron chi connectivity index (χ4n) is 4.88. The molecular formula is C27H28B2N4O11. The van der Waals surface area contributed by atoms with Crippen molar-refractivity contribution in [3.05, 3.63) is 58.7 Å². The zero-order valence-corrected chi connectivity index (χ0v) is 23.4. The highest BCUT2D eigenvalue weighted by atomic mass is 16.7. The van der Waals surface area contributed by atoms with Crippen LogP contribution in [0.25, 0.3) is 0 Å². The van der Waals surface area contributed by atoms with Gasteiger partial charge < -0.3 is 40.1 Å². The number of hydroxylamine groups is 2. The number of benzene rings is 2. The second-order valence-electron chi connectivity index (χ2n) is 10.4. The lowest BCUT2D eigenvalue weighted by Crippen LogP contribution is -2.46. The number of carbonyl (C=O) groups is 6. The van der Waals surface area contributed by atoms with Crippen LogP contribution in [0.15, 0.2) is 36.4 Å². The molecule has 1 saturated heterocycles. The third-order valence-electron chi connectivity index (χ3n) is 7.27. The van der Waals surface area contributed by atoms with Crippen molar-refractivity contribution in [2.75, 3.05) is 13.1 Å². The molecule has 1 atom stereocenters. The van der Waals surface area contributed by atoms with Crippen LogP contribution in [0.2, 0.25) is 0 Å². The molecule has 0 radical (unpaired) electrons. The lowest BCUT2D eigenvalue weighted by Gasteiger charge is -2.20. The molecule has 15 nitrogen and oxygen atoms in total. The number of fused-ring (bicyclic) bond motifs is 2. The first-order valence-corrected chi connectivity index (χ1v) is 13.9. The van der Waals surface area contributed by atoms with Crippen LogP contribution >= 0.6 is 0 Å². The molecule has 0 spiro atoms. The van der Waals surface area contributed by atoms with Gasteiger partial charge in [0.1, 0.15) is 0 Å². The zero-order valence-electron chi connectivity index (χ0n) is 23.4. The Hall–Kier alpha value is -4.57. The van der Waals surface area contributed by atoms with Crippen molar-refractivity contribution in [3.63, 3.8) is 0 Å². The minimum atomic E-state index is -1.16. The highest BCUT2D eigenvalue weighted by molar-refractivity contribution is 6.62. The fourth-order valence-corrected chi connectivity index (χ4v) is 4.88. The monoisotopic (exact) mass is 606 g/mol. The van der Waals surface area contributed by atoms with Gasteiger partial charge in [-0.05, 0) is 46.3 Å². The van der Waals surface area contributed by atoms with Gasteiger partial charge in [-0.1, -0.05) is 12.1 Å². The molecule has 0 bridgehead atoms. The normalized spacial score (nSPS) is 16.0. The molecule has 0 aromatic heterocycles. The van der Waals surface area contributed by atoms with Crippen LogP contribution < -0.4 is 26.9 Å². The van der Waals surface area contributed by atoms with E-state index in [-0.39, 0.29) is 63.1 Å². The van der Waals surface area contributed by atoms with Crippen LogP contribution in [-0.2, 0) is 46.5 Å². The molecule has 0 aliphatic carbocycles. The SMILES string of the molecule is O=C(C[C@H](CNC(=O)c1ccc2c(c1)B(O)OC2)NC(=O)c1ccc2c(c1)B(O)OC2)NCCC(=O)ON1C(=O)CCC1=O. The standard InChI is InChI=1S/C27H28B2N4O11/c34-22(30-8-7-25(37)44-33-23(35)5-6-24(33)36)11-19(32-27(39)16-2-4-18-14-43-29(41)21(18)10-16)12-31-26(38)15-1-3-17-13-42-28(40)20(17)9-15/h1-4,9-10,19,40-41H,5-8,11-14H2,(H,30,34)(H,31,38)(H,32,39)/t19-/m1/s1. The van der Waals surface area contributed by atoms with Crippen LogP contribution in [0.4, 0.5) is 0 Å². The van der Waals surface area contributed by atoms with Gasteiger partial charge in [-0.3, -0.25) is 24.0 Å². The molecule has 1 fully saturated rings. The molecule has 17 heteroatoms. The van der Waals surface area contributed by atoms with Gasteiger partial charge in [0.25, 0.3) is 23.6 Å². The lowest BCUT2D eigenvalue weighted by molar-refractivity contribution is -0.197. The Balaban J connectivity index is 1.19. The Kier molecular flexibility index (Phi) is 9.39. The summed E-state index contributed by atoms with van der Waals surface area (Å²) >= 11 is 0. The molecule has 5 rings (SSSR count). The van der Waals surface area contributed by atoms with E-state index < -0.39 is 55.8 Å². The first kappa shape index (κ1) is 30.9. The maximum Gasteiger partial charge on any atom is 0.491 e. The maximum absolute atomic E-state index is 13.1. The Morgan fingerprint density at radius 2 is 1.43 bits per heavy atom. The molecule has 0 unspecified atom stereocenters. The second kappa shape index (κ2) is 13.4. The summed E-state index contributed by atoms with van der Waals surface area (Å²) in [6.07, 6.45) is -0.716. The molecule has 44 heavy (non-hydrogen) atoms. The Bertz CT molecular complexity index is 1500. The van der Waals surface area contributed by atoms with E-state index >= 15 is 0 Å². The van der Waals surface area contributed by atoms with E-state index in [9.17, 15) is 38.8 Å². The maximum atomic E-state index is 13.1. The molecule has 228 valence electrons. The van der Waals surface area contributed by atoms with Crippen LogP contribution in [-0.4, -0.2) is 84.0 Å². The van der Waals surface area contributed by atoms with Crippen molar-refractivity contribution < 1.29 is 53.0 Å². The molecule has 2 aromatic carbocycles. The van der Waals surface area contributed by atoms with Gasteiger partial charge in [-0.25, -0.2) is 4.79 Å². The molecule has 0 saturated carbocycles. The van der Waals surface area contributed by atoms with Crippen LogP contribution in [0.3, 0.4) is 0 Å². The van der Waals surface area contributed by atoms with E-state index in [0.717, 1.165) is 11.1 Å². The van der Waals surface area contributed by atoms with Gasteiger partial charge >= 0.3 is 20.2 Å². The summed E-state index contributed by atoms with van der Waals surface area (Å²) in [6.45, 7) is 0.0894. The lowest BCUT2D eigenvalue weighted by atomic mass is 9.78. The third kappa shape index (κ3) is 7.14. The van der Waals surface area contributed by atoms with Crippen molar-refractivity contribution in [2.24, 2.45) is 0 Å². The average molecular weight is 606 g/mol. The molecule has 5 N–H and O–H groups in total. The topological polar surface area (TPSA) is 210 Å². The Labute approximate surface area is 251 Å². The summed E-state index contributed by atoms with van der Waals surface area (Å²) in [4.78, 5) is 78.8. The first-order chi connectivity index (χ1) is 21.1. The summed E-state index contributed by atoms with van der Waals surface area (Å²) in [7, 11) is -2.30. The van der Waals surface area contributed by atoms with Crippen molar-refractivity contribution in [3.8, 4) is 0 Å². The number of nitrogens with one attached hydrogen (secondary N) is 3. The predicted molar refractivity (Wildman–Crippen MR) is 151 cm³/mol. The summed E-state index contributed by atoms with van der Waals surface area (Å²) in [5.41, 5.74) is 2.85. The third-order valence-corrected chi connectivity index (χ3v) is 7.27. The Morgan fingerprint density at radius 1 is 0.864 bits per heavy atom. The number of amides is 5. The molecule has 2 aromatic rings. The number of hydrogen-bond donors (Lipinski definition) is 5. The minimum Gasteiger partial charge on any atom is -0.423 e. The van der Waals surface area contributed by atoms with E-state index in [1.165, 1.54) is 12.1 Å². The summed E-state index contributed by atoms with van der Waals surface area (Å²) < 4.78 is 10.3. The van der Waals surface area contributed by atoms with Crippen LogP contribution in [0.1, 0.15) is 57.5 Å². The number of nitrogens with zero attached hydrogens (tertiary/aromatic N) is 1. The van der Waals surface area contributed by atoms with Crippen molar-refractivity contribution in [1.29, 1.82) is 0 Å². The van der Waals surface area contributed by atoms with Gasteiger partial charge in [0, 0.05) is 43.5 Å². The molecule has 3 aliphatic heterocycles. The molecule has 5 amide bonds. The van der Waals surface area contributed by atoms with E-state index in [1.54, 1.807) is 24.3 Å². The van der Waals surface area contributed by atoms with Crippen molar-refractivity contribution in [2.45, 2.75) is 44.9 Å². The molecule has 3 heterocycles. The second-order valence-corrected chi connectivity index (χ2v) is 10.4. The van der Waals surface area contributed by atoms with Crippen molar-refractivity contribution in [1.82, 2.24) is 21.0 Å². The molecule has 3 aliphatic rings. The fraction of sp³-hybridized carbons (Fsp3) is 0.333. The van der Waals surface area contributed by atoms with Gasteiger partial charge in [-0.15, -0.1) is 5.06 Å². The smallest absolute Gasteiger partial charge is 0.423 e.